The molecule has 0 aromatic heterocycles. The zero-order valence-corrected chi connectivity index (χ0v) is 8.20. The predicted octanol–water partition coefficient (Wildman–Crippen LogP) is 0.524. The van der Waals surface area contributed by atoms with Crippen LogP contribution in [0, 0.1) is 5.92 Å². The molecule has 0 radical (unpaired) electrons. The number of ether oxygens (including phenoxy) is 1. The summed E-state index contributed by atoms with van der Waals surface area (Å²) in [5.74, 6) is 0.360. The second kappa shape index (κ2) is 3.95. The van der Waals surface area contributed by atoms with Gasteiger partial charge in [0.1, 0.15) is 0 Å². The number of nitrogens with one attached hydrogen (secondary N) is 1. The minimum Gasteiger partial charge on any atom is -0.396 e. The molecule has 4 atom stereocenters. The van der Waals surface area contributed by atoms with Gasteiger partial charge in [0.05, 0.1) is 12.2 Å². The Labute approximate surface area is 79.5 Å². The molecule has 13 heavy (non-hydrogen) atoms. The number of fused-ring (bicyclic) bond motifs is 2. The molecule has 76 valence electrons. The van der Waals surface area contributed by atoms with Gasteiger partial charge in [-0.15, -0.1) is 0 Å². The fourth-order valence-corrected chi connectivity index (χ4v) is 2.27. The van der Waals surface area contributed by atoms with Gasteiger partial charge in [-0.1, -0.05) is 6.92 Å². The molecule has 2 saturated heterocycles. The first-order valence-electron chi connectivity index (χ1n) is 5.29. The smallest absolute Gasteiger partial charge is 0.0733 e. The van der Waals surface area contributed by atoms with Crippen molar-refractivity contribution in [3.8, 4) is 0 Å². The van der Waals surface area contributed by atoms with Crippen molar-refractivity contribution < 1.29 is 9.84 Å². The summed E-state index contributed by atoms with van der Waals surface area (Å²) in [6.07, 6.45) is 4.61. The Balaban J connectivity index is 1.71. The van der Waals surface area contributed by atoms with Crippen molar-refractivity contribution >= 4 is 0 Å². The molecule has 0 aromatic carbocycles. The predicted molar refractivity (Wildman–Crippen MR) is 50.6 cm³/mol. The third-order valence-electron chi connectivity index (χ3n) is 3.15. The van der Waals surface area contributed by atoms with Gasteiger partial charge in [-0.3, -0.25) is 0 Å². The summed E-state index contributed by atoms with van der Waals surface area (Å²) in [5, 5.41) is 12.3. The van der Waals surface area contributed by atoms with Crippen LogP contribution in [0.1, 0.15) is 26.2 Å². The van der Waals surface area contributed by atoms with Gasteiger partial charge in [-0.2, -0.15) is 0 Å². The molecule has 0 spiro atoms. The molecule has 0 saturated carbocycles. The molecule has 2 heterocycles. The van der Waals surface area contributed by atoms with Crippen molar-refractivity contribution in [3.63, 3.8) is 0 Å². The highest BCUT2D eigenvalue weighted by Crippen LogP contribution is 2.34. The summed E-state index contributed by atoms with van der Waals surface area (Å²) in [6, 6.07) is 0.549. The van der Waals surface area contributed by atoms with E-state index < -0.39 is 0 Å². The average molecular weight is 185 g/mol. The lowest BCUT2D eigenvalue weighted by Crippen LogP contribution is -2.40. The second-order valence-corrected chi connectivity index (χ2v) is 4.41. The first-order valence-corrected chi connectivity index (χ1v) is 5.29. The van der Waals surface area contributed by atoms with Gasteiger partial charge < -0.3 is 15.2 Å². The maximum absolute atomic E-state index is 8.87. The van der Waals surface area contributed by atoms with Crippen LogP contribution in [0.2, 0.25) is 0 Å². The number of rotatable bonds is 4. The van der Waals surface area contributed by atoms with E-state index in [-0.39, 0.29) is 6.61 Å². The van der Waals surface area contributed by atoms with Gasteiger partial charge in [-0.05, 0) is 25.2 Å². The number of aliphatic hydroxyl groups excluding tert-OH is 1. The SMILES string of the molecule is CC(CO)CNC1CC2CCC1O2. The van der Waals surface area contributed by atoms with Crippen molar-refractivity contribution in [2.24, 2.45) is 5.92 Å². The summed E-state index contributed by atoms with van der Waals surface area (Å²) in [7, 11) is 0. The van der Waals surface area contributed by atoms with E-state index in [9.17, 15) is 0 Å². The van der Waals surface area contributed by atoms with E-state index in [1.807, 2.05) is 0 Å². The van der Waals surface area contributed by atoms with Crippen LogP contribution in [-0.2, 0) is 4.74 Å². The fourth-order valence-electron chi connectivity index (χ4n) is 2.27. The maximum Gasteiger partial charge on any atom is 0.0733 e. The maximum atomic E-state index is 8.87. The Kier molecular flexibility index (Phi) is 2.86. The fraction of sp³-hybridized carbons (Fsp3) is 1.00. The Morgan fingerprint density at radius 3 is 2.92 bits per heavy atom. The summed E-state index contributed by atoms with van der Waals surface area (Å²) in [6.45, 7) is 3.24. The molecule has 0 aliphatic carbocycles. The van der Waals surface area contributed by atoms with Crippen molar-refractivity contribution in [2.45, 2.75) is 44.4 Å². The molecule has 2 N–H and O–H groups in total. The van der Waals surface area contributed by atoms with Gasteiger partial charge in [-0.25, -0.2) is 0 Å². The Morgan fingerprint density at radius 1 is 1.54 bits per heavy atom. The zero-order chi connectivity index (χ0) is 9.26. The Morgan fingerprint density at radius 2 is 2.38 bits per heavy atom. The molecule has 2 bridgehead atoms. The lowest BCUT2D eigenvalue weighted by atomic mass is 9.95. The topological polar surface area (TPSA) is 41.5 Å². The normalized spacial score (nSPS) is 39.7. The second-order valence-electron chi connectivity index (χ2n) is 4.41. The summed E-state index contributed by atoms with van der Waals surface area (Å²) >= 11 is 0. The molecule has 2 aliphatic heterocycles. The quantitative estimate of drug-likeness (QED) is 0.671. The highest BCUT2D eigenvalue weighted by Gasteiger charge is 2.40. The number of hydrogen-bond acceptors (Lipinski definition) is 3. The van der Waals surface area contributed by atoms with E-state index in [1.165, 1.54) is 19.3 Å². The average Bonchev–Trinajstić information content (AvgIpc) is 2.74. The van der Waals surface area contributed by atoms with Crippen LogP contribution < -0.4 is 5.32 Å². The molecule has 2 fully saturated rings. The van der Waals surface area contributed by atoms with E-state index >= 15 is 0 Å². The minimum atomic E-state index is 0.272. The zero-order valence-electron chi connectivity index (χ0n) is 8.20. The van der Waals surface area contributed by atoms with E-state index in [0.717, 1.165) is 6.54 Å². The molecular weight excluding hydrogens is 166 g/mol. The van der Waals surface area contributed by atoms with Gasteiger partial charge in [0.25, 0.3) is 0 Å². The van der Waals surface area contributed by atoms with Crippen LogP contribution in [0.3, 0.4) is 0 Å². The lowest BCUT2D eigenvalue weighted by molar-refractivity contribution is 0.0964. The molecule has 3 heteroatoms. The van der Waals surface area contributed by atoms with Crippen LogP contribution in [-0.4, -0.2) is 36.5 Å². The first-order chi connectivity index (χ1) is 6.29. The summed E-state index contributed by atoms with van der Waals surface area (Å²) in [4.78, 5) is 0. The van der Waals surface area contributed by atoms with Gasteiger partial charge in [0.2, 0.25) is 0 Å². The van der Waals surface area contributed by atoms with Crippen LogP contribution >= 0.6 is 0 Å². The van der Waals surface area contributed by atoms with Crippen LogP contribution in [0.15, 0.2) is 0 Å². The van der Waals surface area contributed by atoms with Gasteiger partial charge in [0.15, 0.2) is 0 Å². The van der Waals surface area contributed by atoms with Gasteiger partial charge >= 0.3 is 0 Å². The standard InChI is InChI=1S/C10H19NO2/c1-7(6-12)5-11-9-4-8-2-3-10(9)13-8/h7-12H,2-6H2,1H3. The summed E-state index contributed by atoms with van der Waals surface area (Å²) < 4.78 is 5.73. The largest absolute Gasteiger partial charge is 0.396 e. The number of hydrogen-bond donors (Lipinski definition) is 2. The first kappa shape index (κ1) is 9.44. The monoisotopic (exact) mass is 185 g/mol. The minimum absolute atomic E-state index is 0.272. The third kappa shape index (κ3) is 2.03. The highest BCUT2D eigenvalue weighted by molar-refractivity contribution is 4.93. The molecule has 2 rings (SSSR count). The third-order valence-corrected chi connectivity index (χ3v) is 3.15. The molecule has 2 aliphatic rings. The van der Waals surface area contributed by atoms with Crippen molar-refractivity contribution in [3.05, 3.63) is 0 Å². The molecule has 4 unspecified atom stereocenters. The van der Waals surface area contributed by atoms with E-state index in [1.54, 1.807) is 0 Å². The molecule has 0 amide bonds. The lowest BCUT2D eigenvalue weighted by Gasteiger charge is -2.21. The molecular formula is C10H19NO2. The molecule has 3 nitrogen and oxygen atoms in total. The van der Waals surface area contributed by atoms with E-state index in [2.05, 4.69) is 12.2 Å². The Hall–Kier alpha value is -0.120. The van der Waals surface area contributed by atoms with Gasteiger partial charge in [0, 0.05) is 19.2 Å². The van der Waals surface area contributed by atoms with Crippen molar-refractivity contribution in [1.82, 2.24) is 5.32 Å². The van der Waals surface area contributed by atoms with Crippen molar-refractivity contribution in [1.29, 1.82) is 0 Å². The highest BCUT2D eigenvalue weighted by atomic mass is 16.5. The summed E-state index contributed by atoms with van der Waals surface area (Å²) in [5.41, 5.74) is 0. The number of aliphatic hydroxyl groups is 1. The van der Waals surface area contributed by atoms with E-state index in [0.29, 0.717) is 24.2 Å². The van der Waals surface area contributed by atoms with Crippen LogP contribution in [0.25, 0.3) is 0 Å². The van der Waals surface area contributed by atoms with Crippen LogP contribution in [0.4, 0.5) is 0 Å². The van der Waals surface area contributed by atoms with Crippen molar-refractivity contribution in [2.75, 3.05) is 13.2 Å². The molecule has 0 aromatic rings. The van der Waals surface area contributed by atoms with E-state index in [4.69, 9.17) is 9.84 Å². The Bertz CT molecular complexity index is 174. The van der Waals surface area contributed by atoms with Crippen LogP contribution in [0.5, 0.6) is 0 Å².